The Morgan fingerprint density at radius 2 is 1.69 bits per heavy atom. The monoisotopic (exact) mass is 227 g/mol. The summed E-state index contributed by atoms with van der Waals surface area (Å²) < 4.78 is 0. The average Bonchev–Trinajstić information content (AvgIpc) is 2.16. The smallest absolute Gasteiger partial charge is 0.225 e. The van der Waals surface area contributed by atoms with E-state index in [4.69, 9.17) is 0 Å². The summed E-state index contributed by atoms with van der Waals surface area (Å²) in [6.07, 6.45) is 3.09. The van der Waals surface area contributed by atoms with Crippen molar-refractivity contribution >= 4 is 5.91 Å². The Morgan fingerprint density at radius 1 is 1.25 bits per heavy atom. The van der Waals surface area contributed by atoms with Crippen LogP contribution in [-0.2, 0) is 4.79 Å². The van der Waals surface area contributed by atoms with Gasteiger partial charge in [-0.1, -0.05) is 20.8 Å². The van der Waals surface area contributed by atoms with E-state index in [-0.39, 0.29) is 17.2 Å². The van der Waals surface area contributed by atoms with E-state index in [0.717, 1.165) is 25.7 Å². The van der Waals surface area contributed by atoms with Gasteiger partial charge in [0.05, 0.1) is 5.60 Å². The molecular formula is C13H25NO2. The van der Waals surface area contributed by atoms with E-state index in [2.05, 4.69) is 20.8 Å². The Morgan fingerprint density at radius 3 is 2.00 bits per heavy atom. The van der Waals surface area contributed by atoms with Crippen LogP contribution in [-0.4, -0.2) is 35.6 Å². The lowest BCUT2D eigenvalue weighted by atomic mass is 9.66. The highest BCUT2D eigenvalue weighted by Gasteiger charge is 2.44. The van der Waals surface area contributed by atoms with Crippen LogP contribution in [0.25, 0.3) is 0 Å². The maximum absolute atomic E-state index is 11.8. The van der Waals surface area contributed by atoms with Gasteiger partial charge in [0.2, 0.25) is 5.91 Å². The highest BCUT2D eigenvalue weighted by molar-refractivity contribution is 5.78. The SMILES string of the molecule is CN(C)C(=O)C1CCC(O)(C(C)(C)C)CC1. The lowest BCUT2D eigenvalue weighted by Crippen LogP contribution is -2.47. The zero-order chi connectivity index (χ0) is 12.6. The molecule has 1 fully saturated rings. The van der Waals surface area contributed by atoms with Gasteiger partial charge in [-0.15, -0.1) is 0 Å². The van der Waals surface area contributed by atoms with Crippen molar-refractivity contribution < 1.29 is 9.90 Å². The second-order valence-corrected chi connectivity index (χ2v) is 6.29. The Balaban J connectivity index is 2.61. The van der Waals surface area contributed by atoms with Crippen LogP contribution in [0, 0.1) is 11.3 Å². The third kappa shape index (κ3) is 2.57. The first kappa shape index (κ1) is 13.5. The predicted octanol–water partition coefficient (Wildman–Crippen LogP) is 2.04. The molecule has 0 aromatic heterocycles. The fourth-order valence-electron chi connectivity index (χ4n) is 2.46. The van der Waals surface area contributed by atoms with Crippen molar-refractivity contribution in [3.8, 4) is 0 Å². The highest BCUT2D eigenvalue weighted by atomic mass is 16.3. The van der Waals surface area contributed by atoms with Crippen molar-refractivity contribution in [2.45, 2.75) is 52.1 Å². The summed E-state index contributed by atoms with van der Waals surface area (Å²) in [6, 6.07) is 0. The fourth-order valence-corrected chi connectivity index (χ4v) is 2.46. The van der Waals surface area contributed by atoms with Gasteiger partial charge in [0, 0.05) is 20.0 Å². The molecule has 1 N–H and O–H groups in total. The van der Waals surface area contributed by atoms with Gasteiger partial charge in [0.15, 0.2) is 0 Å². The zero-order valence-electron chi connectivity index (χ0n) is 11.2. The van der Waals surface area contributed by atoms with Gasteiger partial charge < -0.3 is 10.0 Å². The summed E-state index contributed by atoms with van der Waals surface area (Å²) in [5.74, 6) is 0.314. The molecule has 0 unspecified atom stereocenters. The Bertz CT molecular complexity index is 258. The standard InChI is InChI=1S/C13H25NO2/c1-12(2,3)13(16)8-6-10(7-9-13)11(15)14(4)5/h10,16H,6-9H2,1-5H3. The maximum atomic E-state index is 11.8. The minimum absolute atomic E-state index is 0.0981. The van der Waals surface area contributed by atoms with Gasteiger partial charge in [0.1, 0.15) is 0 Å². The number of carbonyl (C=O) groups excluding carboxylic acids is 1. The molecule has 1 aliphatic rings. The summed E-state index contributed by atoms with van der Waals surface area (Å²) in [5, 5.41) is 10.5. The highest BCUT2D eigenvalue weighted by Crippen LogP contribution is 2.43. The molecule has 0 radical (unpaired) electrons. The molecule has 1 aliphatic carbocycles. The van der Waals surface area contributed by atoms with E-state index in [9.17, 15) is 9.90 Å². The van der Waals surface area contributed by atoms with Crippen LogP contribution in [0.2, 0.25) is 0 Å². The third-order valence-electron chi connectivity index (χ3n) is 4.00. The Labute approximate surface area is 98.8 Å². The third-order valence-corrected chi connectivity index (χ3v) is 4.00. The van der Waals surface area contributed by atoms with E-state index in [1.165, 1.54) is 0 Å². The van der Waals surface area contributed by atoms with Crippen LogP contribution < -0.4 is 0 Å². The Kier molecular flexibility index (Phi) is 3.68. The van der Waals surface area contributed by atoms with Crippen LogP contribution in [0.1, 0.15) is 46.5 Å². The average molecular weight is 227 g/mol. The molecule has 0 bridgehead atoms. The largest absolute Gasteiger partial charge is 0.389 e. The van der Waals surface area contributed by atoms with E-state index in [1.807, 2.05) is 0 Å². The van der Waals surface area contributed by atoms with Crippen molar-refractivity contribution in [3.63, 3.8) is 0 Å². The van der Waals surface area contributed by atoms with Crippen molar-refractivity contribution in [1.82, 2.24) is 4.90 Å². The number of amides is 1. The second-order valence-electron chi connectivity index (χ2n) is 6.29. The molecule has 0 aliphatic heterocycles. The van der Waals surface area contributed by atoms with Crippen LogP contribution in [0.5, 0.6) is 0 Å². The minimum Gasteiger partial charge on any atom is -0.389 e. The van der Waals surface area contributed by atoms with Crippen molar-refractivity contribution in [1.29, 1.82) is 0 Å². The van der Waals surface area contributed by atoms with Crippen LogP contribution >= 0.6 is 0 Å². The molecule has 0 spiro atoms. The number of nitrogens with zero attached hydrogens (tertiary/aromatic N) is 1. The van der Waals surface area contributed by atoms with E-state index < -0.39 is 5.60 Å². The molecule has 0 heterocycles. The molecule has 1 amide bonds. The summed E-state index contributed by atoms with van der Waals surface area (Å²) in [7, 11) is 3.60. The topological polar surface area (TPSA) is 40.5 Å². The van der Waals surface area contributed by atoms with Gasteiger partial charge in [-0.2, -0.15) is 0 Å². The molecule has 0 saturated heterocycles. The van der Waals surface area contributed by atoms with Gasteiger partial charge in [-0.05, 0) is 31.1 Å². The van der Waals surface area contributed by atoms with E-state index >= 15 is 0 Å². The van der Waals surface area contributed by atoms with E-state index in [1.54, 1.807) is 19.0 Å². The first-order valence-electron chi connectivity index (χ1n) is 6.11. The molecule has 16 heavy (non-hydrogen) atoms. The number of aliphatic hydroxyl groups is 1. The summed E-state index contributed by atoms with van der Waals surface area (Å²) in [6.45, 7) is 6.21. The van der Waals surface area contributed by atoms with Crippen molar-refractivity contribution in [3.05, 3.63) is 0 Å². The maximum Gasteiger partial charge on any atom is 0.225 e. The lowest BCUT2D eigenvalue weighted by molar-refractivity contribution is -0.139. The molecule has 1 rings (SSSR count). The van der Waals surface area contributed by atoms with Crippen LogP contribution in [0.4, 0.5) is 0 Å². The number of carbonyl (C=O) groups is 1. The van der Waals surface area contributed by atoms with Crippen LogP contribution in [0.3, 0.4) is 0 Å². The minimum atomic E-state index is -0.601. The lowest BCUT2D eigenvalue weighted by Gasteiger charge is -2.45. The molecule has 3 nitrogen and oxygen atoms in total. The zero-order valence-corrected chi connectivity index (χ0v) is 11.2. The van der Waals surface area contributed by atoms with Crippen molar-refractivity contribution in [2.24, 2.45) is 11.3 Å². The first-order valence-corrected chi connectivity index (χ1v) is 6.11. The van der Waals surface area contributed by atoms with Crippen molar-refractivity contribution in [2.75, 3.05) is 14.1 Å². The molecule has 0 atom stereocenters. The van der Waals surface area contributed by atoms with E-state index in [0.29, 0.717) is 0 Å². The number of hydrogen-bond acceptors (Lipinski definition) is 2. The number of hydrogen-bond donors (Lipinski definition) is 1. The number of rotatable bonds is 1. The van der Waals surface area contributed by atoms with Gasteiger partial charge in [-0.25, -0.2) is 0 Å². The van der Waals surface area contributed by atoms with Gasteiger partial charge in [-0.3, -0.25) is 4.79 Å². The fraction of sp³-hybridized carbons (Fsp3) is 0.923. The van der Waals surface area contributed by atoms with Gasteiger partial charge in [0.25, 0.3) is 0 Å². The normalized spacial score (nSPS) is 31.2. The van der Waals surface area contributed by atoms with Gasteiger partial charge >= 0.3 is 0 Å². The summed E-state index contributed by atoms with van der Waals surface area (Å²) >= 11 is 0. The van der Waals surface area contributed by atoms with Crippen LogP contribution in [0.15, 0.2) is 0 Å². The second kappa shape index (κ2) is 4.36. The molecule has 0 aromatic rings. The molecular weight excluding hydrogens is 202 g/mol. The summed E-state index contributed by atoms with van der Waals surface area (Å²) in [4.78, 5) is 13.5. The first-order chi connectivity index (χ1) is 7.17. The quantitative estimate of drug-likeness (QED) is 0.744. The molecule has 3 heteroatoms. The molecule has 1 saturated carbocycles. The predicted molar refractivity (Wildman–Crippen MR) is 65.1 cm³/mol. The molecule has 94 valence electrons. The Hall–Kier alpha value is -0.570. The summed E-state index contributed by atoms with van der Waals surface area (Å²) in [5.41, 5.74) is -0.699. The molecule has 0 aromatic carbocycles.